The van der Waals surface area contributed by atoms with E-state index in [1.807, 2.05) is 37.3 Å². The maximum absolute atomic E-state index is 12.5. The molecule has 3 atom stereocenters. The first kappa shape index (κ1) is 16.5. The molecule has 0 aliphatic heterocycles. The second-order valence-electron chi connectivity index (χ2n) is 7.37. The first-order valence-electron chi connectivity index (χ1n) is 8.85. The van der Waals surface area contributed by atoms with Crippen molar-refractivity contribution in [1.82, 2.24) is 9.97 Å². The van der Waals surface area contributed by atoms with Gasteiger partial charge in [-0.15, -0.1) is 0 Å². The van der Waals surface area contributed by atoms with Crippen LogP contribution in [0.3, 0.4) is 0 Å². The summed E-state index contributed by atoms with van der Waals surface area (Å²) in [6, 6.07) is 12.0. The van der Waals surface area contributed by atoms with Gasteiger partial charge >= 0.3 is 0 Å². The number of hydrogen-bond donors (Lipinski definition) is 1. The number of rotatable bonds is 1. The summed E-state index contributed by atoms with van der Waals surface area (Å²) in [6.45, 7) is 3.99. The molecule has 1 heterocycles. The van der Waals surface area contributed by atoms with Crippen molar-refractivity contribution >= 4 is 11.7 Å². The lowest BCUT2D eigenvalue weighted by atomic mass is 9.57. The van der Waals surface area contributed by atoms with Gasteiger partial charge in [0, 0.05) is 22.5 Å². The number of nitrogens with zero attached hydrogens (tertiary/aromatic N) is 3. The third kappa shape index (κ3) is 2.26. The number of nitrogen functional groups attached to an aromatic ring is 1. The average Bonchev–Trinajstić information content (AvgIpc) is 2.65. The van der Waals surface area contributed by atoms with Gasteiger partial charge in [0.05, 0.1) is 17.0 Å². The Labute approximate surface area is 152 Å². The summed E-state index contributed by atoms with van der Waals surface area (Å²) in [5.41, 5.74) is 9.56. The van der Waals surface area contributed by atoms with Crippen LogP contribution in [0, 0.1) is 23.2 Å². The summed E-state index contributed by atoms with van der Waals surface area (Å²) in [5, 5.41) is 9.42. The predicted molar refractivity (Wildman–Crippen MR) is 98.9 cm³/mol. The SMILES string of the molecule is C[C@H]1C(=O)C(C#N)=C[C@@]2(C)c3nc(N)nc(-c4ccccc4)c3CC[C@H]12. The van der Waals surface area contributed by atoms with Crippen LogP contribution in [0.2, 0.25) is 0 Å². The van der Waals surface area contributed by atoms with E-state index in [2.05, 4.69) is 23.0 Å². The minimum atomic E-state index is -0.493. The van der Waals surface area contributed by atoms with E-state index in [4.69, 9.17) is 5.73 Å². The molecular weight excluding hydrogens is 324 g/mol. The minimum absolute atomic E-state index is 0.0660. The molecule has 0 spiro atoms. The van der Waals surface area contributed by atoms with Gasteiger partial charge in [0.1, 0.15) is 6.07 Å². The fourth-order valence-electron chi connectivity index (χ4n) is 4.62. The van der Waals surface area contributed by atoms with Crippen molar-refractivity contribution in [3.05, 3.63) is 53.2 Å². The van der Waals surface area contributed by atoms with Crippen molar-refractivity contribution in [2.45, 2.75) is 32.1 Å². The minimum Gasteiger partial charge on any atom is -0.368 e. The lowest BCUT2D eigenvalue weighted by Gasteiger charge is -2.45. The fourth-order valence-corrected chi connectivity index (χ4v) is 4.62. The van der Waals surface area contributed by atoms with E-state index >= 15 is 0 Å². The van der Waals surface area contributed by atoms with Gasteiger partial charge in [0.15, 0.2) is 5.78 Å². The molecule has 2 aromatic rings. The van der Waals surface area contributed by atoms with Gasteiger partial charge < -0.3 is 5.73 Å². The third-order valence-corrected chi connectivity index (χ3v) is 5.90. The second kappa shape index (κ2) is 5.77. The number of nitrogens with two attached hydrogens (primary N) is 1. The van der Waals surface area contributed by atoms with E-state index in [0.29, 0.717) is 0 Å². The number of ketones is 1. The highest BCUT2D eigenvalue weighted by molar-refractivity contribution is 6.02. The van der Waals surface area contributed by atoms with Gasteiger partial charge in [0.25, 0.3) is 0 Å². The summed E-state index contributed by atoms with van der Waals surface area (Å²) in [7, 11) is 0. The number of anilines is 1. The standard InChI is InChI=1S/C21H20N4O/c1-12-16-9-8-15-17(13-6-4-3-5-7-13)24-20(23)25-19(15)21(16,2)10-14(11-22)18(12)26/h3-7,10,12,16H,8-9H2,1-2H3,(H2,23,24,25)/t12-,16-,21-/m1/s1. The summed E-state index contributed by atoms with van der Waals surface area (Å²) in [4.78, 5) is 21.6. The Hall–Kier alpha value is -3.00. The number of Topliss-reactive ketones (excluding diaryl/α,β-unsaturated/α-hetero) is 1. The number of hydrogen-bond acceptors (Lipinski definition) is 5. The van der Waals surface area contributed by atoms with Crippen molar-refractivity contribution in [2.75, 3.05) is 5.73 Å². The summed E-state index contributed by atoms with van der Waals surface area (Å²) in [6.07, 6.45) is 3.46. The Balaban J connectivity index is 1.98. The van der Waals surface area contributed by atoms with Gasteiger partial charge in [-0.1, -0.05) is 50.3 Å². The van der Waals surface area contributed by atoms with E-state index in [1.165, 1.54) is 0 Å². The third-order valence-electron chi connectivity index (χ3n) is 5.90. The molecule has 2 aliphatic rings. The topological polar surface area (TPSA) is 92.7 Å². The Morgan fingerprint density at radius 1 is 1.27 bits per heavy atom. The molecule has 0 fully saturated rings. The Morgan fingerprint density at radius 2 is 2.00 bits per heavy atom. The number of fused-ring (bicyclic) bond motifs is 3. The quantitative estimate of drug-likeness (QED) is 0.857. The molecular formula is C21H20N4O. The lowest BCUT2D eigenvalue weighted by Crippen LogP contribution is -2.46. The molecule has 0 saturated carbocycles. The number of aromatic nitrogens is 2. The van der Waals surface area contributed by atoms with Crippen LogP contribution in [0.5, 0.6) is 0 Å². The summed E-state index contributed by atoms with van der Waals surface area (Å²) < 4.78 is 0. The first-order valence-corrected chi connectivity index (χ1v) is 8.85. The Bertz CT molecular complexity index is 973. The molecule has 130 valence electrons. The zero-order valence-corrected chi connectivity index (χ0v) is 14.9. The van der Waals surface area contributed by atoms with Gasteiger partial charge in [-0.3, -0.25) is 4.79 Å². The van der Waals surface area contributed by atoms with Crippen molar-refractivity contribution in [1.29, 1.82) is 5.26 Å². The highest BCUT2D eigenvalue weighted by Gasteiger charge is 2.49. The van der Waals surface area contributed by atoms with Crippen molar-refractivity contribution in [3.8, 4) is 17.3 Å². The zero-order valence-electron chi connectivity index (χ0n) is 14.9. The van der Waals surface area contributed by atoms with Gasteiger partial charge in [-0.05, 0) is 18.8 Å². The molecule has 26 heavy (non-hydrogen) atoms. The largest absolute Gasteiger partial charge is 0.368 e. The van der Waals surface area contributed by atoms with Crippen molar-refractivity contribution in [2.24, 2.45) is 11.8 Å². The van der Waals surface area contributed by atoms with E-state index in [0.717, 1.165) is 35.4 Å². The maximum atomic E-state index is 12.5. The van der Waals surface area contributed by atoms with Gasteiger partial charge in [0.2, 0.25) is 5.95 Å². The smallest absolute Gasteiger partial charge is 0.220 e. The molecule has 1 aromatic heterocycles. The second-order valence-corrected chi connectivity index (χ2v) is 7.37. The molecule has 2 N–H and O–H groups in total. The van der Waals surface area contributed by atoms with Crippen LogP contribution in [0.4, 0.5) is 5.95 Å². The number of allylic oxidation sites excluding steroid dienone is 2. The van der Waals surface area contributed by atoms with Crippen LogP contribution in [0.25, 0.3) is 11.3 Å². The highest BCUT2D eigenvalue weighted by Crippen LogP contribution is 2.50. The van der Waals surface area contributed by atoms with E-state index < -0.39 is 5.41 Å². The average molecular weight is 344 g/mol. The summed E-state index contributed by atoms with van der Waals surface area (Å²) >= 11 is 0. The molecule has 5 nitrogen and oxygen atoms in total. The normalized spacial score (nSPS) is 27.1. The highest BCUT2D eigenvalue weighted by atomic mass is 16.1. The molecule has 2 aliphatic carbocycles. The van der Waals surface area contributed by atoms with Crippen LogP contribution in [-0.2, 0) is 16.6 Å². The number of carbonyl (C=O) groups is 1. The Kier molecular flexibility index (Phi) is 3.66. The van der Waals surface area contributed by atoms with E-state index in [9.17, 15) is 10.1 Å². The van der Waals surface area contributed by atoms with Gasteiger partial charge in [-0.2, -0.15) is 5.26 Å². The molecule has 5 heteroatoms. The number of benzene rings is 1. The fraction of sp³-hybridized carbons (Fsp3) is 0.333. The van der Waals surface area contributed by atoms with Crippen LogP contribution < -0.4 is 5.73 Å². The van der Waals surface area contributed by atoms with Crippen LogP contribution in [0.1, 0.15) is 31.5 Å². The maximum Gasteiger partial charge on any atom is 0.220 e. The van der Waals surface area contributed by atoms with Crippen molar-refractivity contribution in [3.63, 3.8) is 0 Å². The monoisotopic (exact) mass is 344 g/mol. The molecule has 1 aromatic carbocycles. The molecule has 0 radical (unpaired) electrons. The van der Waals surface area contributed by atoms with Gasteiger partial charge in [-0.25, -0.2) is 9.97 Å². The van der Waals surface area contributed by atoms with Crippen LogP contribution in [0.15, 0.2) is 42.0 Å². The molecule has 0 unspecified atom stereocenters. The first-order chi connectivity index (χ1) is 12.5. The number of nitriles is 1. The zero-order chi connectivity index (χ0) is 18.5. The molecule has 0 amide bonds. The van der Waals surface area contributed by atoms with E-state index in [-0.39, 0.29) is 29.1 Å². The summed E-state index contributed by atoms with van der Waals surface area (Å²) in [5.74, 6) is 0.0614. The molecule has 0 saturated heterocycles. The van der Waals surface area contributed by atoms with E-state index in [1.54, 1.807) is 6.08 Å². The molecule has 0 bridgehead atoms. The van der Waals surface area contributed by atoms with Crippen molar-refractivity contribution < 1.29 is 4.79 Å². The predicted octanol–water partition coefficient (Wildman–Crippen LogP) is 3.21. The Morgan fingerprint density at radius 3 is 2.69 bits per heavy atom. The lowest BCUT2D eigenvalue weighted by molar-refractivity contribution is -0.121. The van der Waals surface area contributed by atoms with Crippen LogP contribution in [-0.4, -0.2) is 15.8 Å². The number of carbonyl (C=O) groups excluding carboxylic acids is 1. The van der Waals surface area contributed by atoms with Crippen LogP contribution >= 0.6 is 0 Å². The molecule has 4 rings (SSSR count).